The van der Waals surface area contributed by atoms with Crippen molar-refractivity contribution in [3.05, 3.63) is 18.1 Å². The Kier molecular flexibility index (Phi) is 5.54. The summed E-state index contributed by atoms with van der Waals surface area (Å²) in [7, 11) is 0. The van der Waals surface area contributed by atoms with Crippen LogP contribution in [-0.2, 0) is 0 Å². The van der Waals surface area contributed by atoms with E-state index in [9.17, 15) is 0 Å². The van der Waals surface area contributed by atoms with Crippen LogP contribution in [0.25, 0.3) is 0 Å². The number of nitrogens with zero attached hydrogens (tertiary/aromatic N) is 4. The number of oxime groups is 1. The van der Waals surface area contributed by atoms with Gasteiger partial charge in [0.1, 0.15) is 18.0 Å². The summed E-state index contributed by atoms with van der Waals surface area (Å²) in [5, 5.41) is 11.6. The minimum atomic E-state index is 0.226. The largest absolute Gasteiger partial charge is 0.409 e. The van der Waals surface area contributed by atoms with Gasteiger partial charge in [-0.25, -0.2) is 9.97 Å². The molecule has 19 heavy (non-hydrogen) atoms. The van der Waals surface area contributed by atoms with Gasteiger partial charge in [0.25, 0.3) is 0 Å². The van der Waals surface area contributed by atoms with Crippen LogP contribution in [0, 0.1) is 0 Å². The lowest BCUT2D eigenvalue weighted by atomic mass is 10.1. The molecule has 6 nitrogen and oxygen atoms in total. The lowest BCUT2D eigenvalue weighted by Gasteiger charge is -2.28. The van der Waals surface area contributed by atoms with Gasteiger partial charge in [-0.3, -0.25) is 0 Å². The van der Waals surface area contributed by atoms with E-state index in [2.05, 4.69) is 47.7 Å². The Bertz CT molecular complexity index is 431. The molecule has 0 amide bonds. The maximum atomic E-state index is 8.59. The average Bonchev–Trinajstić information content (AvgIpc) is 2.38. The molecule has 0 saturated carbocycles. The highest BCUT2D eigenvalue weighted by atomic mass is 16.4. The predicted molar refractivity (Wildman–Crippen MR) is 76.6 cm³/mol. The normalized spacial score (nSPS) is 12.2. The number of rotatable bonds is 6. The van der Waals surface area contributed by atoms with Gasteiger partial charge >= 0.3 is 0 Å². The molecule has 0 radical (unpaired) electrons. The van der Waals surface area contributed by atoms with Crippen molar-refractivity contribution in [1.82, 2.24) is 9.97 Å². The molecule has 0 bridgehead atoms. The fraction of sp³-hybridized carbons (Fsp3) is 0.615. The topological polar surface area (TPSA) is 87.6 Å². The second-order valence-electron chi connectivity index (χ2n) is 5.08. The summed E-state index contributed by atoms with van der Waals surface area (Å²) < 4.78 is 0. The van der Waals surface area contributed by atoms with Crippen LogP contribution < -0.4 is 10.6 Å². The molecule has 0 fully saturated rings. The van der Waals surface area contributed by atoms with Crippen molar-refractivity contribution in [2.75, 3.05) is 11.4 Å². The number of aromatic nitrogens is 2. The third-order valence-electron chi connectivity index (χ3n) is 2.92. The SMILES string of the molecule is CC(C)c1cc(N(CC/C(N)=N/O)C(C)C)ncn1. The van der Waals surface area contributed by atoms with Crippen molar-refractivity contribution in [3.8, 4) is 0 Å². The molecule has 0 aliphatic rings. The van der Waals surface area contributed by atoms with E-state index in [0.717, 1.165) is 11.5 Å². The maximum absolute atomic E-state index is 8.59. The number of anilines is 1. The molecule has 0 atom stereocenters. The van der Waals surface area contributed by atoms with Gasteiger partial charge in [0.15, 0.2) is 0 Å². The first-order valence-electron chi connectivity index (χ1n) is 6.50. The maximum Gasteiger partial charge on any atom is 0.140 e. The Morgan fingerprint density at radius 2 is 2.05 bits per heavy atom. The molecular weight excluding hydrogens is 242 g/mol. The first-order chi connectivity index (χ1) is 8.95. The molecule has 0 spiro atoms. The fourth-order valence-corrected chi connectivity index (χ4v) is 1.76. The lowest BCUT2D eigenvalue weighted by Crippen LogP contribution is -2.34. The Hall–Kier alpha value is -1.85. The van der Waals surface area contributed by atoms with E-state index < -0.39 is 0 Å². The van der Waals surface area contributed by atoms with Crippen LogP contribution in [0.5, 0.6) is 0 Å². The van der Waals surface area contributed by atoms with Crippen molar-refractivity contribution in [1.29, 1.82) is 0 Å². The molecule has 0 aliphatic carbocycles. The summed E-state index contributed by atoms with van der Waals surface area (Å²) in [6.07, 6.45) is 2.08. The second-order valence-corrected chi connectivity index (χ2v) is 5.08. The van der Waals surface area contributed by atoms with Crippen LogP contribution in [0.15, 0.2) is 17.5 Å². The Labute approximate surface area is 114 Å². The molecule has 1 aromatic heterocycles. The van der Waals surface area contributed by atoms with E-state index in [1.165, 1.54) is 0 Å². The zero-order valence-electron chi connectivity index (χ0n) is 12.0. The molecule has 106 valence electrons. The predicted octanol–water partition coefficient (Wildman–Crippen LogP) is 1.95. The van der Waals surface area contributed by atoms with Crippen molar-refractivity contribution >= 4 is 11.7 Å². The molecule has 0 saturated heterocycles. The summed E-state index contributed by atoms with van der Waals surface area (Å²) in [5.41, 5.74) is 6.53. The van der Waals surface area contributed by atoms with Crippen molar-refractivity contribution in [2.45, 2.75) is 46.1 Å². The van der Waals surface area contributed by atoms with Crippen LogP contribution in [0.1, 0.15) is 45.7 Å². The molecule has 3 N–H and O–H groups in total. The first-order valence-corrected chi connectivity index (χ1v) is 6.50. The van der Waals surface area contributed by atoms with Gasteiger partial charge in [-0.15, -0.1) is 0 Å². The van der Waals surface area contributed by atoms with E-state index in [1.807, 2.05) is 6.07 Å². The third kappa shape index (κ3) is 4.39. The highest BCUT2D eigenvalue weighted by Gasteiger charge is 2.14. The van der Waals surface area contributed by atoms with Crippen molar-refractivity contribution < 1.29 is 5.21 Å². The number of hydrogen-bond donors (Lipinski definition) is 2. The molecule has 6 heteroatoms. The highest BCUT2D eigenvalue weighted by Crippen LogP contribution is 2.19. The van der Waals surface area contributed by atoms with Gasteiger partial charge in [-0.1, -0.05) is 19.0 Å². The van der Waals surface area contributed by atoms with Gasteiger partial charge in [0, 0.05) is 30.8 Å². The second kappa shape index (κ2) is 6.92. The van der Waals surface area contributed by atoms with Crippen LogP contribution >= 0.6 is 0 Å². The molecular formula is C13H23N5O. The highest BCUT2D eigenvalue weighted by molar-refractivity contribution is 5.80. The van der Waals surface area contributed by atoms with Gasteiger partial charge in [-0.2, -0.15) is 0 Å². The van der Waals surface area contributed by atoms with E-state index in [-0.39, 0.29) is 11.9 Å². The van der Waals surface area contributed by atoms with Crippen molar-refractivity contribution in [2.24, 2.45) is 10.9 Å². The fourth-order valence-electron chi connectivity index (χ4n) is 1.76. The molecule has 1 rings (SSSR count). The van der Waals surface area contributed by atoms with E-state index in [0.29, 0.717) is 18.9 Å². The van der Waals surface area contributed by atoms with Crippen LogP contribution in [0.3, 0.4) is 0 Å². The van der Waals surface area contributed by atoms with Crippen LogP contribution in [0.4, 0.5) is 5.82 Å². The van der Waals surface area contributed by atoms with Gasteiger partial charge in [0.2, 0.25) is 0 Å². The molecule has 0 unspecified atom stereocenters. The molecule has 1 heterocycles. The summed E-state index contributed by atoms with van der Waals surface area (Å²) in [6, 6.07) is 2.28. The van der Waals surface area contributed by atoms with Crippen LogP contribution in [-0.4, -0.2) is 33.6 Å². The van der Waals surface area contributed by atoms with Gasteiger partial charge in [0.05, 0.1) is 0 Å². The van der Waals surface area contributed by atoms with E-state index >= 15 is 0 Å². The van der Waals surface area contributed by atoms with Crippen molar-refractivity contribution in [3.63, 3.8) is 0 Å². The Morgan fingerprint density at radius 1 is 1.37 bits per heavy atom. The monoisotopic (exact) mass is 265 g/mol. The van der Waals surface area contributed by atoms with E-state index in [4.69, 9.17) is 10.9 Å². The summed E-state index contributed by atoms with van der Waals surface area (Å²) >= 11 is 0. The minimum absolute atomic E-state index is 0.226. The Morgan fingerprint density at radius 3 is 2.58 bits per heavy atom. The molecule has 0 aliphatic heterocycles. The van der Waals surface area contributed by atoms with E-state index in [1.54, 1.807) is 6.33 Å². The molecule has 0 aromatic carbocycles. The summed E-state index contributed by atoms with van der Waals surface area (Å²) in [4.78, 5) is 10.7. The quantitative estimate of drug-likeness (QED) is 0.355. The third-order valence-corrected chi connectivity index (χ3v) is 2.92. The number of amidine groups is 1. The summed E-state index contributed by atoms with van der Waals surface area (Å²) in [5.74, 6) is 1.46. The zero-order chi connectivity index (χ0) is 14.4. The smallest absolute Gasteiger partial charge is 0.140 e. The number of nitrogens with two attached hydrogens (primary N) is 1. The number of hydrogen-bond acceptors (Lipinski definition) is 5. The minimum Gasteiger partial charge on any atom is -0.409 e. The molecule has 1 aromatic rings. The summed E-state index contributed by atoms with van der Waals surface area (Å²) in [6.45, 7) is 9.03. The van der Waals surface area contributed by atoms with Gasteiger partial charge in [-0.05, 0) is 19.8 Å². The first kappa shape index (κ1) is 15.2. The lowest BCUT2D eigenvalue weighted by molar-refractivity contribution is 0.317. The average molecular weight is 265 g/mol. The van der Waals surface area contributed by atoms with Gasteiger partial charge < -0.3 is 15.8 Å². The van der Waals surface area contributed by atoms with Crippen LogP contribution in [0.2, 0.25) is 0 Å². The standard InChI is InChI=1S/C13H23N5O/c1-9(2)11-7-13(16-8-15-11)18(10(3)4)6-5-12(14)17-19/h7-10,19H,5-6H2,1-4H3,(H2,14,17). The zero-order valence-corrected chi connectivity index (χ0v) is 12.0. The Balaban J connectivity index is 2.89.